The highest BCUT2D eigenvalue weighted by atomic mass is 19.1. The summed E-state index contributed by atoms with van der Waals surface area (Å²) in [6.07, 6.45) is -0.344. The van der Waals surface area contributed by atoms with Gasteiger partial charge in [0.1, 0.15) is 11.4 Å². The second-order valence-corrected chi connectivity index (χ2v) is 6.14. The van der Waals surface area contributed by atoms with Crippen molar-refractivity contribution in [3.8, 4) is 0 Å². The van der Waals surface area contributed by atoms with Gasteiger partial charge in [0.2, 0.25) is 0 Å². The molecule has 1 aromatic carbocycles. The monoisotopic (exact) mass is 280 g/mol. The number of ether oxygens (including phenoxy) is 1. The normalized spacial score (nSPS) is 18.9. The van der Waals surface area contributed by atoms with Gasteiger partial charge in [-0.25, -0.2) is 9.18 Å². The molecule has 5 heteroatoms. The Morgan fingerprint density at radius 3 is 2.80 bits per heavy atom. The first-order chi connectivity index (χ1) is 9.26. The number of nitrogens with one attached hydrogen (secondary N) is 1. The van der Waals surface area contributed by atoms with Gasteiger partial charge in [-0.3, -0.25) is 4.90 Å². The van der Waals surface area contributed by atoms with E-state index in [-0.39, 0.29) is 18.0 Å². The lowest BCUT2D eigenvalue weighted by molar-refractivity contribution is 0.0172. The van der Waals surface area contributed by atoms with Crippen molar-refractivity contribution in [2.45, 2.75) is 45.9 Å². The van der Waals surface area contributed by atoms with E-state index in [0.717, 1.165) is 11.3 Å². The summed E-state index contributed by atoms with van der Waals surface area (Å²) in [5, 5.41) is 3.17. The maximum absolute atomic E-state index is 13.3. The van der Waals surface area contributed by atoms with Gasteiger partial charge >= 0.3 is 6.09 Å². The Morgan fingerprint density at radius 1 is 1.45 bits per heavy atom. The predicted octanol–water partition coefficient (Wildman–Crippen LogP) is 3.38. The largest absolute Gasteiger partial charge is 0.444 e. The Morgan fingerprint density at radius 2 is 2.15 bits per heavy atom. The molecule has 0 aromatic heterocycles. The number of anilines is 1. The molecule has 1 aliphatic rings. The molecule has 0 saturated heterocycles. The number of hydrogen-bond donors (Lipinski definition) is 1. The Hall–Kier alpha value is -1.78. The lowest BCUT2D eigenvalue weighted by atomic mass is 10.1. The van der Waals surface area contributed by atoms with E-state index < -0.39 is 5.60 Å². The van der Waals surface area contributed by atoms with Crippen molar-refractivity contribution in [2.24, 2.45) is 0 Å². The molecule has 110 valence electrons. The van der Waals surface area contributed by atoms with Crippen LogP contribution in [0.5, 0.6) is 0 Å². The molecule has 0 aliphatic carbocycles. The molecule has 1 aliphatic heterocycles. The van der Waals surface area contributed by atoms with Gasteiger partial charge in [-0.1, -0.05) is 6.07 Å². The molecule has 2 rings (SSSR count). The molecule has 1 amide bonds. The second kappa shape index (κ2) is 5.31. The number of carbonyl (C=O) groups excluding carboxylic acids is 1. The van der Waals surface area contributed by atoms with Crippen LogP contribution in [0.2, 0.25) is 0 Å². The number of fused-ring (bicyclic) bond motifs is 1. The predicted molar refractivity (Wildman–Crippen MR) is 76.1 cm³/mol. The maximum Gasteiger partial charge on any atom is 0.410 e. The quantitative estimate of drug-likeness (QED) is 0.792. The molecular formula is C15H21FN2O2. The third-order valence-electron chi connectivity index (χ3n) is 3.16. The number of amides is 1. The molecule has 0 spiro atoms. The summed E-state index contributed by atoms with van der Waals surface area (Å²) in [5.74, 6) is -0.283. The molecular weight excluding hydrogens is 259 g/mol. The zero-order valence-corrected chi connectivity index (χ0v) is 12.4. The number of benzene rings is 1. The molecule has 0 bridgehead atoms. The van der Waals surface area contributed by atoms with E-state index in [1.807, 2.05) is 27.7 Å². The molecule has 1 N–H and O–H groups in total. The van der Waals surface area contributed by atoms with Crippen LogP contribution in [0, 0.1) is 5.82 Å². The Balaban J connectivity index is 2.22. The van der Waals surface area contributed by atoms with Crippen LogP contribution in [0.4, 0.5) is 14.9 Å². The smallest absolute Gasteiger partial charge is 0.410 e. The van der Waals surface area contributed by atoms with Crippen LogP contribution in [0.1, 0.15) is 33.3 Å². The summed E-state index contributed by atoms with van der Waals surface area (Å²) in [6, 6.07) is 4.54. The van der Waals surface area contributed by atoms with Crippen molar-refractivity contribution in [3.05, 3.63) is 29.6 Å². The molecule has 20 heavy (non-hydrogen) atoms. The van der Waals surface area contributed by atoms with Gasteiger partial charge in [-0.05, 0) is 45.4 Å². The van der Waals surface area contributed by atoms with Gasteiger partial charge in [0.15, 0.2) is 0 Å². The van der Waals surface area contributed by atoms with Crippen molar-refractivity contribution in [1.29, 1.82) is 0 Å². The summed E-state index contributed by atoms with van der Waals surface area (Å²) in [5.41, 5.74) is 1.10. The fourth-order valence-electron chi connectivity index (χ4n) is 2.12. The van der Waals surface area contributed by atoms with Crippen LogP contribution in [-0.2, 0) is 11.3 Å². The first-order valence-corrected chi connectivity index (χ1v) is 6.78. The van der Waals surface area contributed by atoms with Gasteiger partial charge in [0.05, 0.1) is 6.54 Å². The van der Waals surface area contributed by atoms with Crippen molar-refractivity contribution in [1.82, 2.24) is 4.90 Å². The highest BCUT2D eigenvalue weighted by Gasteiger charge is 2.28. The third kappa shape index (κ3) is 3.40. The van der Waals surface area contributed by atoms with Crippen LogP contribution in [0.15, 0.2) is 18.2 Å². The molecule has 0 fully saturated rings. The van der Waals surface area contributed by atoms with Crippen molar-refractivity contribution < 1.29 is 13.9 Å². The van der Waals surface area contributed by atoms with E-state index in [0.29, 0.717) is 13.1 Å². The van der Waals surface area contributed by atoms with Crippen LogP contribution in [0.3, 0.4) is 0 Å². The highest BCUT2D eigenvalue weighted by molar-refractivity contribution is 5.70. The Kier molecular flexibility index (Phi) is 3.88. The summed E-state index contributed by atoms with van der Waals surface area (Å²) in [7, 11) is 0. The zero-order valence-electron chi connectivity index (χ0n) is 12.4. The highest BCUT2D eigenvalue weighted by Crippen LogP contribution is 2.24. The second-order valence-electron chi connectivity index (χ2n) is 6.14. The van der Waals surface area contributed by atoms with Gasteiger partial charge in [-0.2, -0.15) is 0 Å². The molecule has 0 unspecified atom stereocenters. The first kappa shape index (κ1) is 14.6. The fourth-order valence-corrected chi connectivity index (χ4v) is 2.12. The van der Waals surface area contributed by atoms with E-state index in [4.69, 9.17) is 4.74 Å². The average molecular weight is 280 g/mol. The zero-order chi connectivity index (χ0) is 14.9. The van der Waals surface area contributed by atoms with E-state index >= 15 is 0 Å². The first-order valence-electron chi connectivity index (χ1n) is 6.78. The average Bonchev–Trinajstić information content (AvgIpc) is 2.47. The summed E-state index contributed by atoms with van der Waals surface area (Å²) in [4.78, 5) is 13.9. The fraction of sp³-hybridized carbons (Fsp3) is 0.533. The third-order valence-corrected chi connectivity index (χ3v) is 3.16. The van der Waals surface area contributed by atoms with Crippen molar-refractivity contribution >= 4 is 11.8 Å². The van der Waals surface area contributed by atoms with Crippen LogP contribution in [0.25, 0.3) is 0 Å². The van der Waals surface area contributed by atoms with Gasteiger partial charge in [-0.15, -0.1) is 0 Å². The standard InChI is InChI=1S/C15H21FN2O2/c1-10-8-17-13-7-12(16)6-5-11(13)9-18(10)14(19)20-15(2,3)4/h5-7,10,17H,8-9H2,1-4H3/t10-/m0/s1. The summed E-state index contributed by atoms with van der Waals surface area (Å²) >= 11 is 0. The number of hydrogen-bond acceptors (Lipinski definition) is 3. The molecule has 1 heterocycles. The topological polar surface area (TPSA) is 41.6 Å². The minimum Gasteiger partial charge on any atom is -0.444 e. The summed E-state index contributed by atoms with van der Waals surface area (Å²) in [6.45, 7) is 8.45. The molecule has 4 nitrogen and oxygen atoms in total. The number of halogens is 1. The Bertz CT molecular complexity index is 511. The molecule has 1 aromatic rings. The summed E-state index contributed by atoms with van der Waals surface area (Å²) < 4.78 is 18.7. The number of nitrogens with zero attached hydrogens (tertiary/aromatic N) is 1. The number of rotatable bonds is 0. The van der Waals surface area contributed by atoms with Gasteiger partial charge in [0.25, 0.3) is 0 Å². The van der Waals surface area contributed by atoms with E-state index in [1.165, 1.54) is 12.1 Å². The van der Waals surface area contributed by atoms with Crippen LogP contribution in [-0.4, -0.2) is 29.2 Å². The van der Waals surface area contributed by atoms with E-state index in [2.05, 4.69) is 5.32 Å². The molecule has 0 radical (unpaired) electrons. The lowest BCUT2D eigenvalue weighted by Gasteiger charge is -2.30. The van der Waals surface area contributed by atoms with E-state index in [1.54, 1.807) is 11.0 Å². The van der Waals surface area contributed by atoms with Gasteiger partial charge < -0.3 is 10.1 Å². The lowest BCUT2D eigenvalue weighted by Crippen LogP contribution is -2.43. The van der Waals surface area contributed by atoms with E-state index in [9.17, 15) is 9.18 Å². The van der Waals surface area contributed by atoms with Crippen LogP contribution >= 0.6 is 0 Å². The molecule has 0 saturated carbocycles. The van der Waals surface area contributed by atoms with Crippen molar-refractivity contribution in [3.63, 3.8) is 0 Å². The van der Waals surface area contributed by atoms with Crippen molar-refractivity contribution in [2.75, 3.05) is 11.9 Å². The maximum atomic E-state index is 13.3. The van der Waals surface area contributed by atoms with Crippen LogP contribution < -0.4 is 5.32 Å². The number of carbonyl (C=O) groups is 1. The molecule has 1 atom stereocenters. The SMILES string of the molecule is C[C@H]1CNc2cc(F)ccc2CN1C(=O)OC(C)(C)C. The Labute approximate surface area is 118 Å². The minimum atomic E-state index is -0.526. The van der Waals surface area contributed by atoms with Gasteiger partial charge in [0, 0.05) is 18.3 Å². The minimum absolute atomic E-state index is 0.0275.